The quantitative estimate of drug-likeness (QED) is 0.628. The van der Waals surface area contributed by atoms with Gasteiger partial charge in [0.1, 0.15) is 13.4 Å². The fraction of sp³-hybridized carbons (Fsp3) is 1.00. The van der Waals surface area contributed by atoms with E-state index in [9.17, 15) is 9.46 Å². The van der Waals surface area contributed by atoms with Gasteiger partial charge in [-0.2, -0.15) is 0 Å². The Labute approximate surface area is 109 Å². The van der Waals surface area contributed by atoms with E-state index in [0.29, 0.717) is 18.8 Å². The number of hydrogen-bond donors (Lipinski definition) is 1. The second kappa shape index (κ2) is 4.32. The van der Waals surface area contributed by atoms with Crippen LogP contribution in [0.5, 0.6) is 0 Å². The average molecular weight is 274 g/mol. The van der Waals surface area contributed by atoms with Crippen LogP contribution in [-0.2, 0) is 18.3 Å². The van der Waals surface area contributed by atoms with E-state index in [1.807, 2.05) is 0 Å². The summed E-state index contributed by atoms with van der Waals surface area (Å²) in [4.78, 5) is 9.58. The van der Waals surface area contributed by atoms with Crippen molar-refractivity contribution in [3.8, 4) is 0 Å². The van der Waals surface area contributed by atoms with Crippen molar-refractivity contribution in [3.05, 3.63) is 0 Å². The summed E-state index contributed by atoms with van der Waals surface area (Å²) in [5, 5.41) is 0. The highest BCUT2D eigenvalue weighted by molar-refractivity contribution is 7.47. The number of phosphoric ester groups is 1. The minimum absolute atomic E-state index is 0.151. The molecule has 1 aliphatic heterocycles. The third-order valence-corrected chi connectivity index (χ3v) is 5.52. The molecule has 0 aromatic heterocycles. The maximum Gasteiger partial charge on any atom is 0.472 e. The van der Waals surface area contributed by atoms with Crippen LogP contribution < -0.4 is 0 Å². The summed E-state index contributed by atoms with van der Waals surface area (Å²) in [6.07, 6.45) is 0.775. The molecule has 2 aliphatic rings. The molecule has 1 heterocycles. The zero-order chi connectivity index (χ0) is 13.8. The van der Waals surface area contributed by atoms with Crippen LogP contribution in [0.25, 0.3) is 0 Å². The van der Waals surface area contributed by atoms with E-state index >= 15 is 0 Å². The first kappa shape index (κ1) is 14.5. The number of rotatable bonds is 3. The van der Waals surface area contributed by atoms with E-state index < -0.39 is 19.4 Å². The highest BCUT2D eigenvalue weighted by Crippen LogP contribution is 2.62. The van der Waals surface area contributed by atoms with E-state index in [1.165, 1.54) is 0 Å². The van der Waals surface area contributed by atoms with Crippen molar-refractivity contribution in [3.63, 3.8) is 0 Å². The van der Waals surface area contributed by atoms with E-state index in [1.54, 1.807) is 0 Å². The SMILES string of the molecule is [B]C1CC2(OP(=O)(O)OC)C[C@H](C)C(C)(C)C2O1. The number of fused-ring (bicyclic) bond motifs is 1. The molecule has 2 radical (unpaired) electrons. The molecule has 0 bridgehead atoms. The topological polar surface area (TPSA) is 65.0 Å². The van der Waals surface area contributed by atoms with E-state index in [4.69, 9.17) is 17.1 Å². The number of ether oxygens (including phenoxy) is 1. The van der Waals surface area contributed by atoms with Gasteiger partial charge in [0.05, 0.1) is 6.10 Å². The van der Waals surface area contributed by atoms with Gasteiger partial charge < -0.3 is 9.63 Å². The molecule has 2 rings (SSSR count). The number of hydrogen-bond acceptors (Lipinski definition) is 4. The predicted molar refractivity (Wildman–Crippen MR) is 67.2 cm³/mol. The average Bonchev–Trinajstić information content (AvgIpc) is 2.61. The molecule has 1 saturated heterocycles. The molecule has 5 nitrogen and oxygen atoms in total. The molecule has 0 spiro atoms. The zero-order valence-electron chi connectivity index (χ0n) is 11.3. The smallest absolute Gasteiger partial charge is 0.381 e. The van der Waals surface area contributed by atoms with Crippen molar-refractivity contribution < 1.29 is 23.2 Å². The largest absolute Gasteiger partial charge is 0.472 e. The Bertz CT molecular complexity index is 388. The van der Waals surface area contributed by atoms with Gasteiger partial charge in [-0.1, -0.05) is 20.8 Å². The van der Waals surface area contributed by atoms with Crippen LogP contribution in [-0.4, -0.2) is 37.6 Å². The van der Waals surface area contributed by atoms with Gasteiger partial charge in [0.15, 0.2) is 0 Å². The lowest BCUT2D eigenvalue weighted by Gasteiger charge is -2.34. The van der Waals surface area contributed by atoms with Crippen LogP contribution in [0, 0.1) is 11.3 Å². The van der Waals surface area contributed by atoms with Crippen LogP contribution in [0.4, 0.5) is 0 Å². The number of phosphoric acid groups is 1. The molecule has 1 N–H and O–H groups in total. The molecule has 102 valence electrons. The van der Waals surface area contributed by atoms with Gasteiger partial charge in [0.25, 0.3) is 0 Å². The summed E-state index contributed by atoms with van der Waals surface area (Å²) < 4.78 is 27.4. The summed E-state index contributed by atoms with van der Waals surface area (Å²) in [5.74, 6) is 0.312. The van der Waals surface area contributed by atoms with E-state index in [2.05, 4.69) is 25.3 Å². The molecular formula is C11H20BO5P. The van der Waals surface area contributed by atoms with Gasteiger partial charge in [-0.15, -0.1) is 0 Å². The Hall–Kier alpha value is 0.135. The van der Waals surface area contributed by atoms with Gasteiger partial charge in [0.2, 0.25) is 0 Å². The molecule has 4 unspecified atom stereocenters. The van der Waals surface area contributed by atoms with Crippen LogP contribution in [0.1, 0.15) is 33.6 Å². The maximum absolute atomic E-state index is 11.7. The van der Waals surface area contributed by atoms with Crippen LogP contribution >= 0.6 is 7.82 Å². The van der Waals surface area contributed by atoms with Gasteiger partial charge >= 0.3 is 7.82 Å². The summed E-state index contributed by atoms with van der Waals surface area (Å²) in [6, 6.07) is -0.460. The van der Waals surface area contributed by atoms with E-state index in [-0.39, 0.29) is 11.5 Å². The van der Waals surface area contributed by atoms with E-state index in [0.717, 1.165) is 7.11 Å². The lowest BCUT2D eigenvalue weighted by Crippen LogP contribution is -2.41. The summed E-state index contributed by atoms with van der Waals surface area (Å²) in [5.41, 5.74) is -0.968. The molecule has 7 heteroatoms. The minimum Gasteiger partial charge on any atom is -0.381 e. The Balaban J connectivity index is 2.32. The maximum atomic E-state index is 11.7. The van der Waals surface area contributed by atoms with Gasteiger partial charge in [-0.3, -0.25) is 9.05 Å². The molecular weight excluding hydrogens is 254 g/mol. The third-order valence-electron chi connectivity index (χ3n) is 4.46. The van der Waals surface area contributed by atoms with Crippen molar-refractivity contribution in [2.45, 2.75) is 51.3 Å². The van der Waals surface area contributed by atoms with Crippen molar-refractivity contribution >= 4 is 15.7 Å². The van der Waals surface area contributed by atoms with Gasteiger partial charge in [-0.05, 0) is 24.2 Å². The second-order valence-corrected chi connectivity index (χ2v) is 7.48. The van der Waals surface area contributed by atoms with Crippen LogP contribution in [0.15, 0.2) is 0 Å². The standard InChI is InChI=1S/C11H20BO5P/c1-7-5-11(17-18(13,14)15-4)6-8(12)16-9(11)10(7,2)3/h7-9H,5-6H2,1-4H3,(H,13,14)/t7-,8?,9?,11?/m0/s1. The van der Waals surface area contributed by atoms with Gasteiger partial charge in [-0.25, -0.2) is 4.57 Å². The van der Waals surface area contributed by atoms with Crippen LogP contribution in [0.3, 0.4) is 0 Å². The molecule has 1 saturated carbocycles. The summed E-state index contributed by atoms with van der Waals surface area (Å²) in [7, 11) is 2.93. The van der Waals surface area contributed by atoms with Crippen molar-refractivity contribution in [2.24, 2.45) is 11.3 Å². The molecule has 0 amide bonds. The summed E-state index contributed by atoms with van der Waals surface area (Å²) in [6.45, 7) is 6.23. The van der Waals surface area contributed by atoms with Crippen LogP contribution in [0.2, 0.25) is 0 Å². The Morgan fingerprint density at radius 2 is 2.06 bits per heavy atom. The molecule has 18 heavy (non-hydrogen) atoms. The molecule has 2 fully saturated rings. The monoisotopic (exact) mass is 274 g/mol. The molecule has 1 aliphatic carbocycles. The first-order valence-electron chi connectivity index (χ1n) is 6.13. The first-order valence-corrected chi connectivity index (χ1v) is 7.63. The zero-order valence-corrected chi connectivity index (χ0v) is 12.1. The Morgan fingerprint density at radius 3 is 2.61 bits per heavy atom. The Morgan fingerprint density at radius 1 is 1.44 bits per heavy atom. The molecule has 0 aromatic rings. The predicted octanol–water partition coefficient (Wildman–Crippen LogP) is 1.84. The van der Waals surface area contributed by atoms with Crippen molar-refractivity contribution in [1.29, 1.82) is 0 Å². The lowest BCUT2D eigenvalue weighted by molar-refractivity contribution is -0.0586. The second-order valence-electron chi connectivity index (χ2n) is 5.99. The fourth-order valence-corrected chi connectivity index (χ4v) is 4.05. The molecule has 0 aromatic carbocycles. The highest BCUT2D eigenvalue weighted by atomic mass is 31.2. The fourth-order valence-electron chi connectivity index (χ4n) is 3.27. The van der Waals surface area contributed by atoms with Crippen molar-refractivity contribution in [1.82, 2.24) is 0 Å². The lowest BCUT2D eigenvalue weighted by atomic mass is 9.81. The van der Waals surface area contributed by atoms with Gasteiger partial charge in [0, 0.05) is 13.1 Å². The minimum atomic E-state index is -4.05. The highest BCUT2D eigenvalue weighted by Gasteiger charge is 2.64. The normalized spacial score (nSPS) is 45.7. The summed E-state index contributed by atoms with van der Waals surface area (Å²) >= 11 is 0. The third kappa shape index (κ3) is 2.18. The molecule has 5 atom stereocenters. The van der Waals surface area contributed by atoms with Crippen molar-refractivity contribution in [2.75, 3.05) is 7.11 Å². The first-order chi connectivity index (χ1) is 8.13. The Kier molecular flexibility index (Phi) is 3.49.